The molecule has 0 bridgehead atoms. The topological polar surface area (TPSA) is 27.1 Å². The Morgan fingerprint density at radius 3 is 2.79 bits per heavy atom. The van der Waals surface area contributed by atoms with Gasteiger partial charge in [0, 0.05) is 13.1 Å². The Balaban J connectivity index is 2.44. The van der Waals surface area contributed by atoms with Crippen LogP contribution in [-0.4, -0.2) is 9.78 Å². The van der Waals surface area contributed by atoms with Crippen LogP contribution >= 0.6 is 39.1 Å². The van der Waals surface area contributed by atoms with Crippen LogP contribution in [0.4, 0.5) is 4.39 Å². The first-order valence-electron chi connectivity index (χ1n) is 5.35. The number of alkyl halides is 1. The third-order valence-corrected chi connectivity index (χ3v) is 3.78. The maximum Gasteiger partial charge on any atom is 0.222 e. The van der Waals surface area contributed by atoms with Gasteiger partial charge in [-0.15, -0.1) is 11.6 Å². The van der Waals surface area contributed by atoms with Gasteiger partial charge >= 0.3 is 0 Å². The SMILES string of the molecule is Cc1nn(C)c(Oc2cc(F)c(Cl)cc2Br)c1CCl. The molecule has 0 spiro atoms. The van der Waals surface area contributed by atoms with Crippen LogP contribution in [0.25, 0.3) is 0 Å². The lowest BCUT2D eigenvalue weighted by molar-refractivity contribution is 0.422. The fraction of sp³-hybridized carbons (Fsp3) is 0.250. The van der Waals surface area contributed by atoms with Crippen molar-refractivity contribution in [2.24, 2.45) is 7.05 Å². The second-order valence-corrected chi connectivity index (χ2v) is 5.45. The largest absolute Gasteiger partial charge is 0.438 e. The summed E-state index contributed by atoms with van der Waals surface area (Å²) in [4.78, 5) is 0. The molecule has 0 atom stereocenters. The number of nitrogens with zero attached hydrogens (tertiary/aromatic N) is 2. The zero-order chi connectivity index (χ0) is 14.2. The number of benzene rings is 1. The Kier molecular flexibility index (Phi) is 4.38. The van der Waals surface area contributed by atoms with Crippen molar-refractivity contribution in [1.29, 1.82) is 0 Å². The van der Waals surface area contributed by atoms with Crippen LogP contribution in [0, 0.1) is 12.7 Å². The highest BCUT2D eigenvalue weighted by molar-refractivity contribution is 9.10. The maximum atomic E-state index is 13.5. The van der Waals surface area contributed by atoms with Gasteiger partial charge in [0.1, 0.15) is 11.6 Å². The molecule has 0 saturated heterocycles. The van der Waals surface area contributed by atoms with Crippen molar-refractivity contribution >= 4 is 39.1 Å². The molecule has 3 nitrogen and oxygen atoms in total. The monoisotopic (exact) mass is 366 g/mol. The summed E-state index contributed by atoms with van der Waals surface area (Å²) in [6, 6.07) is 2.66. The summed E-state index contributed by atoms with van der Waals surface area (Å²) in [5.74, 6) is 0.514. The molecule has 19 heavy (non-hydrogen) atoms. The van der Waals surface area contributed by atoms with Gasteiger partial charge in [-0.3, -0.25) is 0 Å². The average molecular weight is 368 g/mol. The second-order valence-electron chi connectivity index (χ2n) is 3.93. The molecule has 0 aliphatic carbocycles. The van der Waals surface area contributed by atoms with E-state index in [4.69, 9.17) is 27.9 Å². The molecule has 1 heterocycles. The molecule has 2 rings (SSSR count). The third-order valence-electron chi connectivity index (χ3n) is 2.60. The van der Waals surface area contributed by atoms with Crippen molar-refractivity contribution in [3.63, 3.8) is 0 Å². The van der Waals surface area contributed by atoms with Crippen molar-refractivity contribution in [2.75, 3.05) is 0 Å². The van der Waals surface area contributed by atoms with E-state index in [0.717, 1.165) is 11.3 Å². The number of aryl methyl sites for hydroxylation is 2. The smallest absolute Gasteiger partial charge is 0.222 e. The fourth-order valence-electron chi connectivity index (χ4n) is 1.65. The lowest BCUT2D eigenvalue weighted by Gasteiger charge is -2.10. The maximum absolute atomic E-state index is 13.5. The molecule has 2 aromatic rings. The van der Waals surface area contributed by atoms with Crippen molar-refractivity contribution in [3.8, 4) is 11.6 Å². The van der Waals surface area contributed by atoms with Gasteiger partial charge in [0.25, 0.3) is 0 Å². The average Bonchev–Trinajstić information content (AvgIpc) is 2.60. The van der Waals surface area contributed by atoms with E-state index in [2.05, 4.69) is 21.0 Å². The van der Waals surface area contributed by atoms with Gasteiger partial charge in [-0.25, -0.2) is 9.07 Å². The van der Waals surface area contributed by atoms with Crippen LogP contribution in [0.3, 0.4) is 0 Å². The number of ether oxygens (including phenoxy) is 1. The van der Waals surface area contributed by atoms with Gasteiger partial charge < -0.3 is 4.74 Å². The minimum Gasteiger partial charge on any atom is -0.438 e. The molecular weight excluding hydrogens is 358 g/mol. The van der Waals surface area contributed by atoms with E-state index in [1.807, 2.05) is 6.92 Å². The summed E-state index contributed by atoms with van der Waals surface area (Å²) in [6.45, 7) is 1.84. The zero-order valence-electron chi connectivity index (χ0n) is 10.2. The minimum atomic E-state index is -0.550. The quantitative estimate of drug-likeness (QED) is 0.574. The Bertz CT molecular complexity index is 631. The first-order valence-corrected chi connectivity index (χ1v) is 7.05. The summed E-state index contributed by atoms with van der Waals surface area (Å²) in [7, 11) is 1.73. The highest BCUT2D eigenvalue weighted by Gasteiger charge is 2.17. The van der Waals surface area contributed by atoms with Crippen LogP contribution in [-0.2, 0) is 12.9 Å². The Morgan fingerprint density at radius 1 is 1.47 bits per heavy atom. The zero-order valence-corrected chi connectivity index (χ0v) is 13.3. The van der Waals surface area contributed by atoms with Crippen LogP contribution in [0.15, 0.2) is 16.6 Å². The molecule has 0 saturated carbocycles. The van der Waals surface area contributed by atoms with Crippen molar-refractivity contribution in [2.45, 2.75) is 12.8 Å². The van der Waals surface area contributed by atoms with E-state index in [1.54, 1.807) is 11.7 Å². The van der Waals surface area contributed by atoms with Crippen molar-refractivity contribution in [1.82, 2.24) is 9.78 Å². The Morgan fingerprint density at radius 2 is 2.16 bits per heavy atom. The molecular formula is C12H10BrCl2FN2O. The number of hydrogen-bond acceptors (Lipinski definition) is 2. The summed E-state index contributed by atoms with van der Waals surface area (Å²) in [6.07, 6.45) is 0. The van der Waals surface area contributed by atoms with Gasteiger partial charge in [-0.2, -0.15) is 5.10 Å². The van der Waals surface area contributed by atoms with Crippen LogP contribution in [0.2, 0.25) is 5.02 Å². The molecule has 0 unspecified atom stereocenters. The van der Waals surface area contributed by atoms with Gasteiger partial charge in [-0.05, 0) is 28.9 Å². The number of hydrogen-bond donors (Lipinski definition) is 0. The highest BCUT2D eigenvalue weighted by atomic mass is 79.9. The summed E-state index contributed by atoms with van der Waals surface area (Å²) in [5.41, 5.74) is 1.55. The fourth-order valence-corrected chi connectivity index (χ4v) is 2.68. The molecule has 102 valence electrons. The van der Waals surface area contributed by atoms with Crippen LogP contribution in [0.1, 0.15) is 11.3 Å². The first kappa shape index (κ1) is 14.6. The van der Waals surface area contributed by atoms with Gasteiger partial charge in [-0.1, -0.05) is 11.6 Å². The lowest BCUT2D eigenvalue weighted by Crippen LogP contribution is -1.97. The molecule has 0 N–H and O–H groups in total. The Labute approximate surface area is 128 Å². The predicted molar refractivity (Wildman–Crippen MR) is 76.7 cm³/mol. The standard InChI is InChI=1S/C12H10BrCl2FN2O/c1-6-7(5-14)12(18(2)17-6)19-11-4-10(16)9(15)3-8(11)13/h3-4H,5H2,1-2H3. The van der Waals surface area contributed by atoms with E-state index < -0.39 is 5.82 Å². The lowest BCUT2D eigenvalue weighted by atomic mass is 10.3. The molecule has 0 aliphatic heterocycles. The van der Waals surface area contributed by atoms with Crippen LogP contribution in [0.5, 0.6) is 11.6 Å². The molecule has 0 aliphatic rings. The molecule has 7 heteroatoms. The summed E-state index contributed by atoms with van der Waals surface area (Å²) < 4.78 is 21.3. The van der Waals surface area contributed by atoms with Crippen LogP contribution < -0.4 is 4.74 Å². The molecule has 1 aromatic carbocycles. The van der Waals surface area contributed by atoms with Gasteiger partial charge in [0.2, 0.25) is 5.88 Å². The minimum absolute atomic E-state index is 0.0259. The number of halogens is 4. The normalized spacial score (nSPS) is 10.8. The first-order chi connectivity index (χ1) is 8.93. The van der Waals surface area contributed by atoms with Crippen molar-refractivity contribution in [3.05, 3.63) is 38.7 Å². The molecule has 0 radical (unpaired) electrons. The van der Waals surface area contributed by atoms with E-state index in [9.17, 15) is 4.39 Å². The summed E-state index contributed by atoms with van der Waals surface area (Å²) >= 11 is 14.8. The highest BCUT2D eigenvalue weighted by Crippen LogP contribution is 2.35. The predicted octanol–water partition coefficient (Wildman–Crippen LogP) is 4.81. The number of aromatic nitrogens is 2. The van der Waals surface area contributed by atoms with E-state index >= 15 is 0 Å². The second kappa shape index (κ2) is 5.69. The van der Waals surface area contributed by atoms with E-state index in [0.29, 0.717) is 16.1 Å². The number of rotatable bonds is 3. The van der Waals surface area contributed by atoms with E-state index in [-0.39, 0.29) is 10.9 Å². The third kappa shape index (κ3) is 2.88. The molecule has 1 aromatic heterocycles. The van der Waals surface area contributed by atoms with E-state index in [1.165, 1.54) is 12.1 Å². The Hall–Kier alpha value is -0.780. The summed E-state index contributed by atoms with van der Waals surface area (Å²) in [5, 5.41) is 4.25. The van der Waals surface area contributed by atoms with Gasteiger partial charge in [0.05, 0.1) is 26.6 Å². The van der Waals surface area contributed by atoms with Gasteiger partial charge in [0.15, 0.2) is 0 Å². The molecule has 0 amide bonds. The van der Waals surface area contributed by atoms with Crippen molar-refractivity contribution < 1.29 is 9.13 Å². The molecule has 0 fully saturated rings.